The Morgan fingerprint density at radius 1 is 1.33 bits per heavy atom. The average Bonchev–Trinajstić information content (AvgIpc) is 2.37. The lowest BCUT2D eigenvalue weighted by Crippen LogP contribution is -2.05. The first-order chi connectivity index (χ1) is 8.61. The third kappa shape index (κ3) is 2.57. The molecule has 0 aliphatic heterocycles. The molecule has 0 aliphatic carbocycles. The van der Waals surface area contributed by atoms with Crippen LogP contribution in [0.5, 0.6) is 0 Å². The van der Waals surface area contributed by atoms with E-state index in [1.54, 1.807) is 12.1 Å². The summed E-state index contributed by atoms with van der Waals surface area (Å²) in [6, 6.07) is 3.23. The summed E-state index contributed by atoms with van der Waals surface area (Å²) in [6.07, 6.45) is 2.99. The molecule has 5 nitrogen and oxygen atoms in total. The summed E-state index contributed by atoms with van der Waals surface area (Å²) in [5, 5.41) is 0.315. The summed E-state index contributed by atoms with van der Waals surface area (Å²) in [7, 11) is 1.26. The van der Waals surface area contributed by atoms with Crippen LogP contribution in [0.2, 0.25) is 10.3 Å². The van der Waals surface area contributed by atoms with Crippen LogP contribution in [-0.4, -0.2) is 28.0 Å². The smallest absolute Gasteiger partial charge is 0.358 e. The van der Waals surface area contributed by atoms with Crippen molar-refractivity contribution in [2.24, 2.45) is 0 Å². The van der Waals surface area contributed by atoms with E-state index in [0.29, 0.717) is 11.3 Å². The van der Waals surface area contributed by atoms with E-state index in [0.717, 1.165) is 0 Å². The van der Waals surface area contributed by atoms with Gasteiger partial charge < -0.3 is 4.74 Å². The highest BCUT2D eigenvalue weighted by molar-refractivity contribution is 6.33. The van der Waals surface area contributed by atoms with Crippen molar-refractivity contribution in [2.45, 2.75) is 0 Å². The van der Waals surface area contributed by atoms with Crippen molar-refractivity contribution < 1.29 is 9.53 Å². The Bertz CT molecular complexity index is 605. The first-order valence-electron chi connectivity index (χ1n) is 4.84. The second-order valence-corrected chi connectivity index (χ2v) is 4.00. The van der Waals surface area contributed by atoms with Gasteiger partial charge in [0.25, 0.3) is 0 Å². The van der Waals surface area contributed by atoms with Gasteiger partial charge in [0.2, 0.25) is 5.28 Å². The molecule has 92 valence electrons. The molecule has 0 fully saturated rings. The number of pyridine rings is 1. The van der Waals surface area contributed by atoms with Crippen LogP contribution >= 0.6 is 23.2 Å². The molecule has 18 heavy (non-hydrogen) atoms. The summed E-state index contributed by atoms with van der Waals surface area (Å²) in [5.74, 6) is -0.590. The number of ether oxygens (including phenoxy) is 1. The lowest BCUT2D eigenvalue weighted by molar-refractivity contribution is 0.0594. The molecule has 2 rings (SSSR count). The second kappa shape index (κ2) is 5.29. The fraction of sp³-hybridized carbons (Fsp3) is 0.0909. The molecule has 0 saturated heterocycles. The van der Waals surface area contributed by atoms with Crippen LogP contribution < -0.4 is 0 Å². The molecule has 0 N–H and O–H groups in total. The summed E-state index contributed by atoms with van der Waals surface area (Å²) >= 11 is 11.6. The molecule has 0 radical (unpaired) electrons. The predicted octanol–water partition coefficient (Wildman–Crippen LogP) is 2.63. The van der Waals surface area contributed by atoms with Crippen LogP contribution in [-0.2, 0) is 4.74 Å². The maximum absolute atomic E-state index is 11.3. The van der Waals surface area contributed by atoms with Crippen molar-refractivity contribution >= 4 is 29.2 Å². The van der Waals surface area contributed by atoms with Gasteiger partial charge in [0, 0.05) is 18.0 Å². The number of carbonyl (C=O) groups is 1. The zero-order valence-electron chi connectivity index (χ0n) is 9.22. The lowest BCUT2D eigenvalue weighted by atomic mass is 10.2. The quantitative estimate of drug-likeness (QED) is 0.626. The molecular formula is C11H7Cl2N3O2. The topological polar surface area (TPSA) is 65.0 Å². The lowest BCUT2D eigenvalue weighted by Gasteiger charge is -2.04. The molecule has 0 spiro atoms. The number of halogens is 2. The van der Waals surface area contributed by atoms with Crippen molar-refractivity contribution in [2.75, 3.05) is 7.11 Å². The van der Waals surface area contributed by atoms with Gasteiger partial charge in [0.1, 0.15) is 0 Å². The monoisotopic (exact) mass is 283 g/mol. The molecule has 0 aliphatic rings. The zero-order valence-corrected chi connectivity index (χ0v) is 10.7. The molecule has 2 heterocycles. The van der Waals surface area contributed by atoms with Crippen molar-refractivity contribution in [1.82, 2.24) is 15.0 Å². The maximum atomic E-state index is 11.3. The number of carbonyl (C=O) groups excluding carboxylic acids is 1. The average molecular weight is 284 g/mol. The molecule has 0 amide bonds. The molecule has 2 aromatic rings. The van der Waals surface area contributed by atoms with E-state index in [4.69, 9.17) is 23.2 Å². The SMILES string of the molecule is COC(=O)c1ncc(-c2ccnc(Cl)n2)cc1Cl. The summed E-state index contributed by atoms with van der Waals surface area (Å²) in [6.45, 7) is 0. The number of hydrogen-bond donors (Lipinski definition) is 0. The van der Waals surface area contributed by atoms with E-state index in [-0.39, 0.29) is 16.0 Å². The van der Waals surface area contributed by atoms with Gasteiger partial charge in [-0.1, -0.05) is 11.6 Å². The zero-order chi connectivity index (χ0) is 13.1. The fourth-order valence-electron chi connectivity index (χ4n) is 1.32. The van der Waals surface area contributed by atoms with Crippen molar-refractivity contribution in [1.29, 1.82) is 0 Å². The van der Waals surface area contributed by atoms with Crippen molar-refractivity contribution in [3.8, 4) is 11.3 Å². The minimum Gasteiger partial charge on any atom is -0.464 e. The minimum atomic E-state index is -0.590. The van der Waals surface area contributed by atoms with Crippen LogP contribution in [0.3, 0.4) is 0 Å². The third-order valence-electron chi connectivity index (χ3n) is 2.14. The Kier molecular flexibility index (Phi) is 3.74. The Hall–Kier alpha value is -1.72. The van der Waals surface area contributed by atoms with Gasteiger partial charge in [0.05, 0.1) is 17.8 Å². The van der Waals surface area contributed by atoms with Crippen LogP contribution in [0.25, 0.3) is 11.3 Å². The van der Waals surface area contributed by atoms with Crippen LogP contribution in [0.15, 0.2) is 24.5 Å². The van der Waals surface area contributed by atoms with Gasteiger partial charge in [-0.15, -0.1) is 0 Å². The molecule has 0 unspecified atom stereocenters. The maximum Gasteiger partial charge on any atom is 0.358 e. The van der Waals surface area contributed by atoms with E-state index in [2.05, 4.69) is 19.7 Å². The minimum absolute atomic E-state index is 0.0584. The van der Waals surface area contributed by atoms with Gasteiger partial charge >= 0.3 is 5.97 Å². The van der Waals surface area contributed by atoms with Gasteiger partial charge in [0.15, 0.2) is 5.69 Å². The number of esters is 1. The molecule has 0 atom stereocenters. The number of methoxy groups -OCH3 is 1. The van der Waals surface area contributed by atoms with Gasteiger partial charge in [-0.25, -0.2) is 19.7 Å². The molecule has 0 bridgehead atoms. The number of hydrogen-bond acceptors (Lipinski definition) is 5. The highest BCUT2D eigenvalue weighted by Gasteiger charge is 2.13. The second-order valence-electron chi connectivity index (χ2n) is 3.26. The van der Waals surface area contributed by atoms with Gasteiger partial charge in [-0.2, -0.15) is 0 Å². The van der Waals surface area contributed by atoms with E-state index in [9.17, 15) is 4.79 Å². The fourth-order valence-corrected chi connectivity index (χ4v) is 1.71. The Labute approximate surface area is 113 Å². The largest absolute Gasteiger partial charge is 0.464 e. The number of aromatic nitrogens is 3. The third-order valence-corrected chi connectivity index (χ3v) is 2.61. The van der Waals surface area contributed by atoms with E-state index < -0.39 is 5.97 Å². The van der Waals surface area contributed by atoms with Crippen molar-refractivity contribution in [3.63, 3.8) is 0 Å². The summed E-state index contributed by atoms with van der Waals surface area (Å²) in [5.41, 5.74) is 1.26. The van der Waals surface area contributed by atoms with Crippen molar-refractivity contribution in [3.05, 3.63) is 40.5 Å². The molecule has 7 heteroatoms. The molecule has 0 saturated carbocycles. The number of rotatable bonds is 2. The van der Waals surface area contributed by atoms with Crippen LogP contribution in [0.1, 0.15) is 10.5 Å². The molecular weight excluding hydrogens is 277 g/mol. The predicted molar refractivity (Wildman–Crippen MR) is 66.6 cm³/mol. The van der Waals surface area contributed by atoms with Crippen LogP contribution in [0, 0.1) is 0 Å². The Morgan fingerprint density at radius 2 is 2.11 bits per heavy atom. The van der Waals surface area contributed by atoms with E-state index in [1.807, 2.05) is 0 Å². The first kappa shape index (κ1) is 12.7. The first-order valence-corrected chi connectivity index (χ1v) is 5.60. The number of nitrogens with zero attached hydrogens (tertiary/aromatic N) is 3. The van der Waals surface area contributed by atoms with Gasteiger partial charge in [-0.3, -0.25) is 0 Å². The standard InChI is InChI=1S/C11H7Cl2N3O2/c1-18-10(17)9-7(12)4-6(5-15-9)8-2-3-14-11(13)16-8/h2-5H,1H3. The van der Waals surface area contributed by atoms with Gasteiger partial charge in [-0.05, 0) is 23.7 Å². The summed E-state index contributed by atoms with van der Waals surface area (Å²) in [4.78, 5) is 23.1. The Balaban J connectivity index is 2.43. The van der Waals surface area contributed by atoms with E-state index >= 15 is 0 Å². The normalized spacial score (nSPS) is 10.2. The highest BCUT2D eigenvalue weighted by Crippen LogP contribution is 2.23. The van der Waals surface area contributed by atoms with Crippen LogP contribution in [0.4, 0.5) is 0 Å². The highest BCUT2D eigenvalue weighted by atomic mass is 35.5. The Morgan fingerprint density at radius 3 is 2.72 bits per heavy atom. The molecule has 0 aromatic carbocycles. The summed E-state index contributed by atoms with van der Waals surface area (Å²) < 4.78 is 4.55. The molecule has 2 aromatic heterocycles. The van der Waals surface area contributed by atoms with E-state index in [1.165, 1.54) is 19.5 Å².